The highest BCUT2D eigenvalue weighted by molar-refractivity contribution is 7.79. The van der Waals surface area contributed by atoms with Crippen molar-refractivity contribution in [2.24, 2.45) is 0 Å². The van der Waals surface area contributed by atoms with Crippen LogP contribution in [0.15, 0.2) is 249 Å². The molecule has 2 aliphatic rings. The zero-order valence-electron chi connectivity index (χ0n) is 39.4. The van der Waals surface area contributed by atoms with Gasteiger partial charge in [0.25, 0.3) is 0 Å². The van der Waals surface area contributed by atoms with Gasteiger partial charge in [-0.2, -0.15) is 0 Å². The molecule has 0 saturated carbocycles. The van der Waals surface area contributed by atoms with Gasteiger partial charge in [-0.3, -0.25) is 0 Å². The average Bonchev–Trinajstić information content (AvgIpc) is 4.19. The maximum Gasteiger partial charge on any atom is 0.157 e. The zero-order valence-corrected chi connectivity index (χ0v) is 40.3. The van der Waals surface area contributed by atoms with Gasteiger partial charge in [-0.05, 0) is 84.9 Å². The summed E-state index contributed by atoms with van der Waals surface area (Å²) in [6.45, 7) is 0. The Labute approximate surface area is 419 Å². The molecule has 4 aromatic heterocycles. The summed E-state index contributed by atoms with van der Waals surface area (Å²) in [5.74, 6) is 0.636. The largest absolute Gasteiger partial charge is 0.484 e. The van der Waals surface area contributed by atoms with Crippen molar-refractivity contribution >= 4 is 111 Å². The Morgan fingerprint density at radius 2 is 0.849 bits per heavy atom. The number of ether oxygens (including phenoxy) is 1. The maximum atomic E-state index is 16.6. The lowest BCUT2D eigenvalue weighted by Gasteiger charge is -2.39. The highest BCUT2D eigenvalue weighted by Crippen LogP contribution is 2.58. The Morgan fingerprint density at radius 3 is 1.41 bits per heavy atom. The number of rotatable bonds is 5. The molecule has 7 heteroatoms. The van der Waals surface area contributed by atoms with E-state index < -0.39 is 18.9 Å². The molecule has 0 radical (unpaired) electrons. The minimum absolute atomic E-state index is 0.429. The van der Waals surface area contributed by atoms with Crippen molar-refractivity contribution in [2.75, 3.05) is 0 Å². The third kappa shape index (κ3) is 5.56. The predicted octanol–water partition coefficient (Wildman–Crippen LogP) is 15.6. The minimum atomic E-state index is -3.37. The van der Waals surface area contributed by atoms with Crippen molar-refractivity contribution in [2.45, 2.75) is 11.8 Å². The Hall–Kier alpha value is -9.09. The molecule has 0 bridgehead atoms. The summed E-state index contributed by atoms with van der Waals surface area (Å²) in [5, 5.41) is 11.0. The second-order valence-electron chi connectivity index (χ2n) is 19.5. The fourth-order valence-corrected chi connectivity index (χ4v) is 15.9. The number of benzene rings is 10. The summed E-state index contributed by atoms with van der Waals surface area (Å²) in [7, 11) is -3.37. The molecule has 6 nitrogen and oxygen atoms in total. The summed E-state index contributed by atoms with van der Waals surface area (Å²) in [6.07, 6.45) is 6.06. The first kappa shape index (κ1) is 40.6. The van der Waals surface area contributed by atoms with Crippen LogP contribution in [-0.4, -0.2) is 30.0 Å². The van der Waals surface area contributed by atoms with Crippen molar-refractivity contribution < 1.29 is 9.30 Å². The molecule has 5 heterocycles. The molecule has 3 atom stereocenters. The molecule has 0 N–H and O–H groups in total. The topological polar surface area (TPSA) is 46.0 Å². The van der Waals surface area contributed by atoms with Crippen LogP contribution < -0.4 is 15.3 Å². The summed E-state index contributed by atoms with van der Waals surface area (Å²) in [4.78, 5) is 0. The summed E-state index contributed by atoms with van der Waals surface area (Å²) in [5.41, 5.74) is 12.8. The number of nitrogens with zero attached hydrogens (tertiary/aromatic N) is 4. The first-order chi connectivity index (χ1) is 36.1. The Bertz CT molecular complexity index is 4750. The first-order valence-corrected chi connectivity index (χ1v) is 26.8. The molecular weight excluding hydrogens is 912 g/mol. The van der Waals surface area contributed by atoms with E-state index in [1.807, 2.05) is 30.3 Å². The van der Waals surface area contributed by atoms with Crippen LogP contribution in [0.4, 0.5) is 0 Å². The van der Waals surface area contributed by atoms with Crippen LogP contribution in [0.1, 0.15) is 0 Å². The molecule has 10 aromatic carbocycles. The van der Waals surface area contributed by atoms with E-state index in [4.69, 9.17) is 4.74 Å². The Morgan fingerprint density at radius 1 is 0.384 bits per heavy atom. The fraction of sp³-hybridized carbons (Fsp3) is 0.0303. The molecule has 1 aliphatic heterocycles. The second kappa shape index (κ2) is 15.2. The summed E-state index contributed by atoms with van der Waals surface area (Å²) >= 11 is 0. The maximum absolute atomic E-state index is 16.6. The van der Waals surface area contributed by atoms with E-state index in [-0.39, 0.29) is 0 Å². The predicted molar refractivity (Wildman–Crippen MR) is 304 cm³/mol. The normalized spacial score (nSPS) is 17.6. The number of aromatic nitrogens is 4. The van der Waals surface area contributed by atoms with E-state index in [0.717, 1.165) is 77.5 Å². The standard InChI is InChI=1S/C66H43N4O2P/c71-73(46-22-8-3-9-23-46)61-38-32-44(69-53-28-14-10-24-47(53)49-34-36-57-63(65(49)69)51-26-12-16-30-55(51)67(57)42-18-4-1-5-19-42)40-59(61)72-60-41-45(33-39-62(60)73)70-54-29-15-11-25-48(54)50-35-37-58-64(66(50)70)52-27-13-17-31-56(52)68(58)43-20-6-2-7-21-43/h1-41,59,61H. The van der Waals surface area contributed by atoms with Gasteiger partial charge in [-0.25, -0.2) is 0 Å². The lowest BCUT2D eigenvalue weighted by Crippen LogP contribution is -2.42. The van der Waals surface area contributed by atoms with Gasteiger partial charge in [-0.15, -0.1) is 0 Å². The highest BCUT2D eigenvalue weighted by atomic mass is 31.2. The second-order valence-corrected chi connectivity index (χ2v) is 22.4. The van der Waals surface area contributed by atoms with Crippen LogP contribution in [0.3, 0.4) is 0 Å². The van der Waals surface area contributed by atoms with Crippen LogP contribution in [0.5, 0.6) is 5.75 Å². The van der Waals surface area contributed by atoms with E-state index >= 15 is 4.57 Å². The minimum Gasteiger partial charge on any atom is -0.484 e. The van der Waals surface area contributed by atoms with E-state index in [1.54, 1.807) is 0 Å². The van der Waals surface area contributed by atoms with Crippen molar-refractivity contribution in [3.05, 3.63) is 249 Å². The van der Waals surface area contributed by atoms with Crippen molar-refractivity contribution in [3.63, 3.8) is 0 Å². The van der Waals surface area contributed by atoms with Gasteiger partial charge in [0.15, 0.2) is 7.14 Å². The molecule has 344 valence electrons. The highest BCUT2D eigenvalue weighted by Gasteiger charge is 2.47. The molecular formula is C66H43N4O2P. The van der Waals surface area contributed by atoms with Gasteiger partial charge in [0.05, 0.1) is 55.1 Å². The molecule has 3 unspecified atom stereocenters. The van der Waals surface area contributed by atoms with Crippen LogP contribution in [-0.2, 0) is 4.57 Å². The lowest BCUT2D eigenvalue weighted by molar-refractivity contribution is 0.250. The van der Waals surface area contributed by atoms with Crippen molar-refractivity contribution in [1.82, 2.24) is 18.3 Å². The monoisotopic (exact) mass is 954 g/mol. The third-order valence-electron chi connectivity index (χ3n) is 15.7. The van der Waals surface area contributed by atoms with Gasteiger partial charge < -0.3 is 27.6 Å². The molecule has 14 aromatic rings. The summed E-state index contributed by atoms with van der Waals surface area (Å²) in [6, 6.07) is 81.7. The molecule has 73 heavy (non-hydrogen) atoms. The average molecular weight is 955 g/mol. The van der Waals surface area contributed by atoms with Gasteiger partial charge in [0.1, 0.15) is 11.9 Å². The molecule has 0 spiro atoms. The van der Waals surface area contributed by atoms with Gasteiger partial charge in [0.2, 0.25) is 0 Å². The smallest absolute Gasteiger partial charge is 0.157 e. The number of para-hydroxylation sites is 6. The summed E-state index contributed by atoms with van der Waals surface area (Å²) < 4.78 is 33.5. The van der Waals surface area contributed by atoms with E-state index in [2.05, 4.69) is 237 Å². The molecule has 0 saturated heterocycles. The van der Waals surface area contributed by atoms with Gasteiger partial charge >= 0.3 is 0 Å². The number of allylic oxidation sites excluding steroid dienone is 2. The number of fused-ring (bicyclic) bond motifs is 16. The number of hydrogen-bond acceptors (Lipinski definition) is 2. The molecule has 1 aliphatic carbocycles. The van der Waals surface area contributed by atoms with Crippen LogP contribution in [0.25, 0.3) is 110 Å². The lowest BCUT2D eigenvalue weighted by atomic mass is 10.1. The van der Waals surface area contributed by atoms with Crippen molar-refractivity contribution in [1.29, 1.82) is 0 Å². The Balaban J connectivity index is 0.931. The van der Waals surface area contributed by atoms with Crippen LogP contribution in [0.2, 0.25) is 0 Å². The van der Waals surface area contributed by atoms with Crippen molar-refractivity contribution in [3.8, 4) is 22.8 Å². The molecule has 0 fully saturated rings. The fourth-order valence-electron chi connectivity index (χ4n) is 12.8. The quantitative estimate of drug-likeness (QED) is 0.161. The SMILES string of the molecule is O=P1(c2ccccc2)c2ccc(-n3c4ccccc4c4ccc5c(c6ccccc6n5-c5ccccc5)c43)cc2OC2C=C(n3c4ccccc4c4ccc5c(c6ccccc6n5-c5ccccc5)c43)C=CC21. The van der Waals surface area contributed by atoms with Gasteiger partial charge in [-0.1, -0.05) is 158 Å². The first-order valence-electron chi connectivity index (χ1n) is 25.0. The Kier molecular flexibility index (Phi) is 8.46. The van der Waals surface area contributed by atoms with E-state index in [9.17, 15) is 0 Å². The van der Waals surface area contributed by atoms with E-state index in [1.165, 1.54) is 43.1 Å². The van der Waals surface area contributed by atoms with Crippen LogP contribution in [0, 0.1) is 0 Å². The van der Waals surface area contributed by atoms with Gasteiger partial charge in [0, 0.05) is 77.2 Å². The van der Waals surface area contributed by atoms with Crippen LogP contribution >= 0.6 is 7.14 Å². The zero-order chi connectivity index (χ0) is 47.9. The number of hydrogen-bond donors (Lipinski definition) is 0. The van der Waals surface area contributed by atoms with E-state index in [0.29, 0.717) is 5.75 Å². The third-order valence-corrected chi connectivity index (χ3v) is 19.2. The molecule has 0 amide bonds. The molecule has 16 rings (SSSR count).